The molecule has 1 heterocycles. The van der Waals surface area contributed by atoms with E-state index >= 15 is 0 Å². The zero-order valence-electron chi connectivity index (χ0n) is 6.47. The molecule has 1 aromatic heterocycles. The molecule has 1 unspecified atom stereocenters. The summed E-state index contributed by atoms with van der Waals surface area (Å²) in [5.74, 6) is 0. The minimum Gasteiger partial charge on any atom is -0.382 e. The molecule has 1 rings (SSSR count). The van der Waals surface area contributed by atoms with E-state index in [2.05, 4.69) is 15.9 Å². The van der Waals surface area contributed by atoms with Crippen molar-refractivity contribution in [3.8, 4) is 0 Å². The highest BCUT2D eigenvalue weighted by atomic mass is 79.9. The number of nitrogens with two attached hydrogens (primary N) is 1. The highest BCUT2D eigenvalue weighted by Gasteiger charge is 2.16. The molecule has 1 aromatic rings. The van der Waals surface area contributed by atoms with E-state index in [0.29, 0.717) is 5.56 Å². The summed E-state index contributed by atoms with van der Waals surface area (Å²) in [6.07, 6.45) is 0.231. The summed E-state index contributed by atoms with van der Waals surface area (Å²) in [6.45, 7) is 0. The van der Waals surface area contributed by atoms with E-state index in [1.165, 1.54) is 0 Å². The quantitative estimate of drug-likeness (QED) is 0.801. The summed E-state index contributed by atoms with van der Waals surface area (Å²) < 4.78 is 22.1. The number of hydrogen-bond acceptors (Lipinski definition) is 4. The first-order chi connectivity index (χ1) is 5.91. The summed E-state index contributed by atoms with van der Waals surface area (Å²) in [5.41, 5.74) is 0.539. The van der Waals surface area contributed by atoms with Crippen molar-refractivity contribution < 1.29 is 13.5 Å². The van der Waals surface area contributed by atoms with Crippen LogP contribution >= 0.6 is 27.3 Å². The molecule has 0 amide bonds. The van der Waals surface area contributed by atoms with E-state index < -0.39 is 15.0 Å². The minimum absolute atomic E-state index is 0.117. The average molecular weight is 286 g/mol. The summed E-state index contributed by atoms with van der Waals surface area (Å²) in [4.78, 5) is 0. The van der Waals surface area contributed by atoms with Gasteiger partial charge in [-0.2, -0.15) is 0 Å². The van der Waals surface area contributed by atoms with Gasteiger partial charge >= 0.3 is 0 Å². The largest absolute Gasteiger partial charge is 0.382 e. The molecule has 0 aliphatic heterocycles. The fraction of sp³-hybridized carbons (Fsp3) is 0.333. The SMILES string of the molecule is NS(=O)(=O)c1sccc1CC(O)Br. The number of aliphatic hydroxyl groups is 1. The maximum absolute atomic E-state index is 11.0. The Labute approximate surface area is 88.6 Å². The Morgan fingerprint density at radius 1 is 1.69 bits per heavy atom. The second-order valence-electron chi connectivity index (χ2n) is 2.42. The topological polar surface area (TPSA) is 80.4 Å². The summed E-state index contributed by atoms with van der Waals surface area (Å²) in [6, 6.07) is 1.63. The first-order valence-electron chi connectivity index (χ1n) is 3.32. The van der Waals surface area contributed by atoms with Crippen molar-refractivity contribution in [1.82, 2.24) is 0 Å². The van der Waals surface area contributed by atoms with Gasteiger partial charge in [0.05, 0.1) is 0 Å². The molecule has 3 N–H and O–H groups in total. The van der Waals surface area contributed by atoms with Crippen molar-refractivity contribution in [1.29, 1.82) is 0 Å². The van der Waals surface area contributed by atoms with Crippen molar-refractivity contribution in [3.05, 3.63) is 17.0 Å². The van der Waals surface area contributed by atoms with Crippen molar-refractivity contribution >= 4 is 37.3 Å². The highest BCUT2D eigenvalue weighted by molar-refractivity contribution is 9.09. The van der Waals surface area contributed by atoms with Crippen LogP contribution in [-0.4, -0.2) is 18.5 Å². The third-order valence-corrected chi connectivity index (χ3v) is 4.19. The van der Waals surface area contributed by atoms with E-state index in [1.807, 2.05) is 0 Å². The Hall–Kier alpha value is 0.0500. The van der Waals surface area contributed by atoms with E-state index in [-0.39, 0.29) is 10.6 Å². The summed E-state index contributed by atoms with van der Waals surface area (Å²) >= 11 is 3.97. The van der Waals surface area contributed by atoms with Crippen LogP contribution in [0, 0.1) is 0 Å². The van der Waals surface area contributed by atoms with Gasteiger partial charge in [0.2, 0.25) is 10.0 Å². The fourth-order valence-corrected chi connectivity index (χ4v) is 3.13. The molecule has 0 bridgehead atoms. The van der Waals surface area contributed by atoms with E-state index in [4.69, 9.17) is 10.2 Å². The van der Waals surface area contributed by atoms with Gasteiger partial charge in [-0.25, -0.2) is 13.6 Å². The molecule has 74 valence electrons. The van der Waals surface area contributed by atoms with Crippen LogP contribution in [0.5, 0.6) is 0 Å². The lowest BCUT2D eigenvalue weighted by Crippen LogP contribution is -2.13. The molecule has 0 saturated heterocycles. The standard InChI is InChI=1S/C6H8BrNO3S2/c7-5(9)3-4-1-2-12-6(4)13(8,10)11/h1-2,5,9H,3H2,(H2,8,10,11). The Balaban J connectivity index is 3.04. The second kappa shape index (κ2) is 4.05. The van der Waals surface area contributed by atoms with Crippen LogP contribution in [0.2, 0.25) is 0 Å². The Kier molecular flexibility index (Phi) is 3.47. The molecular formula is C6H8BrNO3S2. The number of sulfonamides is 1. The predicted molar refractivity (Wildman–Crippen MR) is 54.3 cm³/mol. The van der Waals surface area contributed by atoms with Gasteiger partial charge in [0, 0.05) is 6.42 Å². The molecule has 0 spiro atoms. The van der Waals surface area contributed by atoms with Crippen molar-refractivity contribution in [2.45, 2.75) is 15.6 Å². The van der Waals surface area contributed by atoms with Crippen LogP contribution in [0.4, 0.5) is 0 Å². The van der Waals surface area contributed by atoms with E-state index in [9.17, 15) is 8.42 Å². The van der Waals surface area contributed by atoms with Crippen molar-refractivity contribution in [3.63, 3.8) is 0 Å². The Morgan fingerprint density at radius 3 is 2.77 bits per heavy atom. The molecule has 0 saturated carbocycles. The summed E-state index contributed by atoms with van der Waals surface area (Å²) in [7, 11) is -3.65. The molecule has 0 aromatic carbocycles. The molecule has 0 fully saturated rings. The number of aliphatic hydroxyl groups excluding tert-OH is 1. The zero-order valence-corrected chi connectivity index (χ0v) is 9.69. The maximum atomic E-state index is 11.0. The first-order valence-corrected chi connectivity index (χ1v) is 6.66. The van der Waals surface area contributed by atoms with Gasteiger partial charge in [-0.1, -0.05) is 15.9 Å². The average Bonchev–Trinajstić information content (AvgIpc) is 2.31. The van der Waals surface area contributed by atoms with Gasteiger partial charge in [-0.15, -0.1) is 11.3 Å². The smallest absolute Gasteiger partial charge is 0.247 e. The summed E-state index contributed by atoms with van der Waals surface area (Å²) in [5, 5.41) is 14.8. The van der Waals surface area contributed by atoms with Gasteiger partial charge in [-0.3, -0.25) is 0 Å². The molecule has 13 heavy (non-hydrogen) atoms. The van der Waals surface area contributed by atoms with Gasteiger partial charge in [0.25, 0.3) is 0 Å². The van der Waals surface area contributed by atoms with Gasteiger partial charge < -0.3 is 5.11 Å². The molecule has 4 nitrogen and oxygen atoms in total. The highest BCUT2D eigenvalue weighted by Crippen LogP contribution is 2.23. The van der Waals surface area contributed by atoms with Gasteiger partial charge in [0.1, 0.15) is 9.22 Å². The van der Waals surface area contributed by atoms with Crippen LogP contribution in [0.3, 0.4) is 0 Å². The number of alkyl halides is 1. The zero-order chi connectivity index (χ0) is 10.1. The molecule has 0 radical (unpaired) electrons. The van der Waals surface area contributed by atoms with Crippen molar-refractivity contribution in [2.75, 3.05) is 0 Å². The predicted octanol–water partition coefficient (Wildman–Crippen LogP) is 0.651. The third kappa shape index (κ3) is 3.03. The fourth-order valence-electron chi connectivity index (χ4n) is 0.904. The van der Waals surface area contributed by atoms with Crippen LogP contribution in [-0.2, 0) is 16.4 Å². The molecular weight excluding hydrogens is 278 g/mol. The van der Waals surface area contributed by atoms with Crippen molar-refractivity contribution in [2.24, 2.45) is 5.14 Å². The lowest BCUT2D eigenvalue weighted by atomic mass is 10.3. The lowest BCUT2D eigenvalue weighted by Gasteiger charge is -2.02. The lowest BCUT2D eigenvalue weighted by molar-refractivity contribution is 0.270. The Morgan fingerprint density at radius 2 is 2.31 bits per heavy atom. The molecule has 7 heteroatoms. The minimum atomic E-state index is -3.65. The maximum Gasteiger partial charge on any atom is 0.247 e. The van der Waals surface area contributed by atoms with Gasteiger partial charge in [-0.05, 0) is 17.0 Å². The number of hydrogen-bond donors (Lipinski definition) is 2. The number of halogens is 1. The van der Waals surface area contributed by atoms with E-state index in [0.717, 1.165) is 11.3 Å². The van der Waals surface area contributed by atoms with Crippen LogP contribution in [0.25, 0.3) is 0 Å². The molecule has 1 atom stereocenters. The number of thiophene rings is 1. The second-order valence-corrected chi connectivity index (χ2v) is 6.15. The Bertz CT molecular complexity index is 384. The third-order valence-electron chi connectivity index (χ3n) is 1.35. The van der Waals surface area contributed by atoms with Crippen LogP contribution < -0.4 is 5.14 Å². The first kappa shape index (κ1) is 11.1. The monoisotopic (exact) mass is 285 g/mol. The number of primary sulfonamides is 1. The van der Waals surface area contributed by atoms with Crippen LogP contribution in [0.1, 0.15) is 5.56 Å². The normalized spacial score (nSPS) is 14.4. The number of rotatable bonds is 3. The van der Waals surface area contributed by atoms with E-state index in [1.54, 1.807) is 11.4 Å². The van der Waals surface area contributed by atoms with Crippen LogP contribution in [0.15, 0.2) is 15.7 Å². The van der Waals surface area contributed by atoms with Gasteiger partial charge in [0.15, 0.2) is 0 Å². The molecule has 0 aliphatic carbocycles. The molecule has 0 aliphatic rings.